The van der Waals surface area contributed by atoms with Gasteiger partial charge in [0.05, 0.1) is 5.69 Å². The average Bonchev–Trinajstić information content (AvgIpc) is 3.40. The van der Waals surface area contributed by atoms with E-state index in [1.807, 2.05) is 7.05 Å². The second-order valence-corrected chi connectivity index (χ2v) is 9.80. The summed E-state index contributed by atoms with van der Waals surface area (Å²) in [5, 5.41) is 15.1. The molecule has 0 amide bonds. The first-order valence-electron chi connectivity index (χ1n) is 9.13. The Morgan fingerprint density at radius 2 is 1.93 bits per heavy atom. The van der Waals surface area contributed by atoms with Crippen LogP contribution in [0.5, 0.6) is 0 Å². The van der Waals surface area contributed by atoms with Crippen LogP contribution in [0.15, 0.2) is 46.2 Å². The Kier molecular flexibility index (Phi) is 5.66. The molecule has 0 saturated heterocycles. The highest BCUT2D eigenvalue weighted by Gasteiger charge is 2.15. The summed E-state index contributed by atoms with van der Waals surface area (Å²) in [4.78, 5) is 6.17. The fourth-order valence-electron chi connectivity index (χ4n) is 2.89. The van der Waals surface area contributed by atoms with E-state index in [9.17, 15) is 0 Å². The molecule has 0 unspecified atom stereocenters. The molecule has 0 fully saturated rings. The van der Waals surface area contributed by atoms with Gasteiger partial charge in [-0.3, -0.25) is 0 Å². The lowest BCUT2D eigenvalue weighted by atomic mass is 10.1. The van der Waals surface area contributed by atoms with Gasteiger partial charge in [0.15, 0.2) is 11.0 Å². The Balaban J connectivity index is 1.46. The van der Waals surface area contributed by atoms with Gasteiger partial charge in [-0.2, -0.15) is 0 Å². The summed E-state index contributed by atoms with van der Waals surface area (Å²) in [6.07, 6.45) is 0. The van der Waals surface area contributed by atoms with Gasteiger partial charge >= 0.3 is 0 Å². The molecule has 0 aliphatic rings. The van der Waals surface area contributed by atoms with E-state index in [4.69, 9.17) is 4.98 Å². The van der Waals surface area contributed by atoms with Gasteiger partial charge in [-0.05, 0) is 25.0 Å². The van der Waals surface area contributed by atoms with E-state index in [2.05, 4.69) is 76.6 Å². The van der Waals surface area contributed by atoms with Crippen molar-refractivity contribution in [3.8, 4) is 22.0 Å². The van der Waals surface area contributed by atoms with Crippen LogP contribution in [0.3, 0.4) is 0 Å². The van der Waals surface area contributed by atoms with E-state index in [-0.39, 0.29) is 0 Å². The first-order chi connectivity index (χ1) is 13.5. The first-order valence-corrected chi connectivity index (χ1v) is 11.9. The fourth-order valence-corrected chi connectivity index (χ4v) is 5.52. The maximum absolute atomic E-state index is 4.80. The van der Waals surface area contributed by atoms with Crippen LogP contribution in [0.1, 0.15) is 35.9 Å². The van der Waals surface area contributed by atoms with E-state index in [0.717, 1.165) is 33.0 Å². The van der Waals surface area contributed by atoms with Gasteiger partial charge in [0.25, 0.3) is 0 Å². The molecular weight excluding hydrogens is 404 g/mol. The van der Waals surface area contributed by atoms with Crippen molar-refractivity contribution in [1.82, 2.24) is 19.7 Å². The van der Waals surface area contributed by atoms with Crippen LogP contribution in [0, 0.1) is 6.92 Å². The molecule has 0 atom stereocenters. The van der Waals surface area contributed by atoms with E-state index in [0.29, 0.717) is 5.92 Å². The van der Waals surface area contributed by atoms with Crippen molar-refractivity contribution in [2.45, 2.75) is 37.6 Å². The summed E-state index contributed by atoms with van der Waals surface area (Å²) in [6, 6.07) is 10.7. The van der Waals surface area contributed by atoms with Gasteiger partial charge in [0.2, 0.25) is 0 Å². The number of aromatic nitrogens is 4. The van der Waals surface area contributed by atoms with Crippen molar-refractivity contribution >= 4 is 34.4 Å². The van der Waals surface area contributed by atoms with Gasteiger partial charge in [0.1, 0.15) is 5.01 Å². The molecular formula is C21H22N4S3. The number of thiazole rings is 1. The van der Waals surface area contributed by atoms with Crippen LogP contribution in [0.25, 0.3) is 22.0 Å². The molecule has 0 aliphatic carbocycles. The van der Waals surface area contributed by atoms with Crippen molar-refractivity contribution in [1.29, 1.82) is 0 Å². The van der Waals surface area contributed by atoms with Crippen molar-refractivity contribution < 1.29 is 0 Å². The predicted octanol–water partition coefficient (Wildman–Crippen LogP) is 6.39. The smallest absolute Gasteiger partial charge is 0.191 e. The second kappa shape index (κ2) is 8.19. The minimum atomic E-state index is 0.535. The molecule has 4 rings (SSSR count). The minimum Gasteiger partial charge on any atom is -0.305 e. The molecule has 4 aromatic rings. The molecule has 1 aromatic carbocycles. The van der Waals surface area contributed by atoms with Gasteiger partial charge < -0.3 is 4.57 Å². The van der Waals surface area contributed by atoms with Crippen molar-refractivity contribution in [2.24, 2.45) is 7.05 Å². The Hall–Kier alpha value is -1.96. The maximum Gasteiger partial charge on any atom is 0.191 e. The third-order valence-electron chi connectivity index (χ3n) is 4.45. The summed E-state index contributed by atoms with van der Waals surface area (Å²) in [5.41, 5.74) is 4.66. The quantitative estimate of drug-likeness (QED) is 0.335. The lowest BCUT2D eigenvalue weighted by Crippen LogP contribution is -1.94. The van der Waals surface area contributed by atoms with E-state index >= 15 is 0 Å². The van der Waals surface area contributed by atoms with Crippen molar-refractivity contribution in [2.75, 3.05) is 0 Å². The molecule has 0 spiro atoms. The van der Waals surface area contributed by atoms with Crippen LogP contribution in [-0.4, -0.2) is 19.7 Å². The molecule has 0 N–H and O–H groups in total. The molecule has 144 valence electrons. The number of thioether (sulfide) groups is 1. The zero-order valence-electron chi connectivity index (χ0n) is 16.3. The Labute approximate surface area is 177 Å². The Bertz CT molecular complexity index is 1090. The van der Waals surface area contributed by atoms with Crippen LogP contribution in [-0.2, 0) is 12.8 Å². The highest BCUT2D eigenvalue weighted by molar-refractivity contribution is 7.98. The second-order valence-electron chi connectivity index (χ2n) is 7.06. The summed E-state index contributed by atoms with van der Waals surface area (Å²) in [7, 11) is 2.03. The average molecular weight is 427 g/mol. The Morgan fingerprint density at radius 1 is 1.07 bits per heavy atom. The lowest BCUT2D eigenvalue weighted by Gasteiger charge is -2.02. The zero-order valence-corrected chi connectivity index (χ0v) is 18.8. The van der Waals surface area contributed by atoms with Crippen LogP contribution >= 0.6 is 34.4 Å². The summed E-state index contributed by atoms with van der Waals surface area (Å²) < 4.78 is 2.07. The van der Waals surface area contributed by atoms with E-state index < -0.39 is 0 Å². The van der Waals surface area contributed by atoms with Crippen LogP contribution in [0.2, 0.25) is 0 Å². The van der Waals surface area contributed by atoms with Crippen molar-refractivity contribution in [3.05, 3.63) is 57.2 Å². The van der Waals surface area contributed by atoms with E-state index in [1.54, 1.807) is 34.4 Å². The van der Waals surface area contributed by atoms with E-state index in [1.165, 1.54) is 16.0 Å². The maximum atomic E-state index is 4.80. The summed E-state index contributed by atoms with van der Waals surface area (Å²) in [6.45, 7) is 6.54. The molecule has 3 aromatic heterocycles. The van der Waals surface area contributed by atoms with Gasteiger partial charge in [-0.25, -0.2) is 4.98 Å². The highest BCUT2D eigenvalue weighted by Crippen LogP contribution is 2.32. The molecule has 0 radical (unpaired) electrons. The van der Waals surface area contributed by atoms with Gasteiger partial charge in [-0.1, -0.05) is 49.4 Å². The molecule has 3 heterocycles. The Morgan fingerprint density at radius 3 is 2.68 bits per heavy atom. The highest BCUT2D eigenvalue weighted by atomic mass is 32.2. The fraction of sp³-hybridized carbons (Fsp3) is 0.286. The topological polar surface area (TPSA) is 43.6 Å². The molecule has 7 heteroatoms. The summed E-state index contributed by atoms with van der Waals surface area (Å²) >= 11 is 5.16. The molecule has 0 saturated carbocycles. The molecule has 0 aliphatic heterocycles. The molecule has 28 heavy (non-hydrogen) atoms. The summed E-state index contributed by atoms with van der Waals surface area (Å²) in [5.74, 6) is 2.24. The lowest BCUT2D eigenvalue weighted by molar-refractivity contribution is 0.793. The number of benzene rings is 1. The van der Waals surface area contributed by atoms with Crippen LogP contribution in [0.4, 0.5) is 0 Å². The predicted molar refractivity (Wildman–Crippen MR) is 120 cm³/mol. The third kappa shape index (κ3) is 4.06. The molecule has 4 nitrogen and oxygen atoms in total. The number of hydrogen-bond donors (Lipinski definition) is 0. The number of hydrogen-bond acceptors (Lipinski definition) is 6. The van der Waals surface area contributed by atoms with Gasteiger partial charge in [0, 0.05) is 39.6 Å². The number of rotatable bonds is 6. The minimum absolute atomic E-state index is 0.535. The van der Waals surface area contributed by atoms with Crippen LogP contribution < -0.4 is 0 Å². The number of thiophene rings is 1. The van der Waals surface area contributed by atoms with Crippen molar-refractivity contribution in [3.63, 3.8) is 0 Å². The largest absolute Gasteiger partial charge is 0.305 e. The monoisotopic (exact) mass is 426 g/mol. The first kappa shape index (κ1) is 19.4. The standard InChI is InChI=1S/C21H22N4S3/c1-13(2)18-9-16(10-26-18)19-23-24-21(25(19)4)28-12-17-11-27-20(22-17)15-7-5-6-14(3)8-15/h5-11,13H,12H2,1-4H3. The zero-order chi connectivity index (χ0) is 19.7. The normalized spacial score (nSPS) is 11.5. The van der Waals surface area contributed by atoms with Gasteiger partial charge in [-0.15, -0.1) is 32.9 Å². The number of aryl methyl sites for hydroxylation is 1. The molecule has 0 bridgehead atoms. The SMILES string of the molecule is Cc1cccc(-c2nc(CSc3nnc(-c4csc(C(C)C)c4)n3C)cs2)c1. The number of nitrogens with zero attached hydrogens (tertiary/aromatic N) is 4. The third-order valence-corrected chi connectivity index (χ3v) is 7.67.